The normalized spacial score (nSPS) is 14.2. The molecule has 0 radical (unpaired) electrons. The summed E-state index contributed by atoms with van der Waals surface area (Å²) in [7, 11) is 1.43. The van der Waals surface area contributed by atoms with E-state index in [-0.39, 0.29) is 23.0 Å². The Kier molecular flexibility index (Phi) is 5.50. The molecule has 0 spiro atoms. The van der Waals surface area contributed by atoms with Gasteiger partial charge in [-0.3, -0.25) is 13.9 Å². The van der Waals surface area contributed by atoms with Crippen LogP contribution in [-0.4, -0.2) is 56.2 Å². The first kappa shape index (κ1) is 21.6. The fraction of sp³-hybridized carbons (Fsp3) is 0.348. The molecular formula is C23H26FN5O3. The number of carbonyl (C=O) groups is 1. The van der Waals surface area contributed by atoms with Gasteiger partial charge in [0.2, 0.25) is 5.88 Å². The van der Waals surface area contributed by atoms with E-state index in [2.05, 4.69) is 16.0 Å². The third kappa shape index (κ3) is 3.63. The zero-order valence-electron chi connectivity index (χ0n) is 18.6. The average molecular weight is 439 g/mol. The summed E-state index contributed by atoms with van der Waals surface area (Å²) >= 11 is 0. The van der Waals surface area contributed by atoms with Crippen molar-refractivity contribution in [2.24, 2.45) is 7.05 Å². The number of carbonyl (C=O) groups excluding carboxylic acids is 1. The maximum absolute atomic E-state index is 14.9. The third-order valence-corrected chi connectivity index (χ3v) is 5.95. The van der Waals surface area contributed by atoms with Crippen LogP contribution in [0, 0.1) is 26.6 Å². The van der Waals surface area contributed by atoms with Crippen LogP contribution in [0.15, 0.2) is 35.3 Å². The molecule has 0 bridgehead atoms. The molecule has 0 saturated carbocycles. The topological polar surface area (TPSA) is 83.6 Å². The van der Waals surface area contributed by atoms with Crippen molar-refractivity contribution in [2.75, 3.05) is 31.1 Å². The van der Waals surface area contributed by atoms with Gasteiger partial charge in [-0.25, -0.2) is 14.2 Å². The van der Waals surface area contributed by atoms with Gasteiger partial charge >= 0.3 is 5.69 Å². The number of rotatable bonds is 3. The van der Waals surface area contributed by atoms with Gasteiger partial charge in [-0.2, -0.15) is 0 Å². The number of halogens is 1. The lowest BCUT2D eigenvalue weighted by atomic mass is 10.1. The minimum Gasteiger partial charge on any atom is -0.493 e. The molecule has 9 heteroatoms. The molecule has 1 N–H and O–H groups in total. The highest BCUT2D eigenvalue weighted by Crippen LogP contribution is 2.23. The van der Waals surface area contributed by atoms with E-state index in [1.807, 2.05) is 20.0 Å². The van der Waals surface area contributed by atoms with Crippen LogP contribution >= 0.6 is 0 Å². The number of amides is 1. The SMILES string of the molecule is Cc1cnc(N2CCN(C(=O)c3ccc(-n4c(C)c(O)n(C)c4=O)cc3F)CC2)c(C)c1. The van der Waals surface area contributed by atoms with Crippen molar-refractivity contribution in [2.45, 2.75) is 20.8 Å². The van der Waals surface area contributed by atoms with E-state index in [4.69, 9.17) is 0 Å². The van der Waals surface area contributed by atoms with Gasteiger partial charge < -0.3 is 14.9 Å². The molecule has 1 aliphatic heterocycles. The minimum absolute atomic E-state index is 0.0438. The first-order valence-electron chi connectivity index (χ1n) is 10.4. The number of aryl methyl sites for hydroxylation is 2. The summed E-state index contributed by atoms with van der Waals surface area (Å²) in [4.78, 5) is 33.6. The molecule has 1 aromatic carbocycles. The van der Waals surface area contributed by atoms with E-state index in [1.165, 1.54) is 23.7 Å². The zero-order chi connectivity index (χ0) is 23.2. The van der Waals surface area contributed by atoms with E-state index in [1.54, 1.807) is 11.8 Å². The fourth-order valence-electron chi connectivity index (χ4n) is 4.18. The van der Waals surface area contributed by atoms with Crippen molar-refractivity contribution in [1.82, 2.24) is 19.0 Å². The molecule has 0 aliphatic carbocycles. The smallest absolute Gasteiger partial charge is 0.335 e. The van der Waals surface area contributed by atoms with Crippen LogP contribution in [0.2, 0.25) is 0 Å². The van der Waals surface area contributed by atoms with Gasteiger partial charge in [0.05, 0.1) is 16.9 Å². The number of imidazole rings is 1. The largest absolute Gasteiger partial charge is 0.493 e. The van der Waals surface area contributed by atoms with Crippen LogP contribution in [-0.2, 0) is 7.05 Å². The number of hydrogen-bond acceptors (Lipinski definition) is 5. The maximum Gasteiger partial charge on any atom is 0.335 e. The zero-order valence-corrected chi connectivity index (χ0v) is 18.6. The van der Waals surface area contributed by atoms with Crippen molar-refractivity contribution >= 4 is 11.7 Å². The molecule has 0 unspecified atom stereocenters. The first-order chi connectivity index (χ1) is 15.2. The Morgan fingerprint density at radius 1 is 1.09 bits per heavy atom. The van der Waals surface area contributed by atoms with Crippen LogP contribution in [0.4, 0.5) is 10.2 Å². The number of aromatic hydroxyl groups is 1. The monoisotopic (exact) mass is 439 g/mol. The average Bonchev–Trinajstić information content (AvgIpc) is 2.96. The van der Waals surface area contributed by atoms with E-state index in [0.29, 0.717) is 31.9 Å². The predicted molar refractivity (Wildman–Crippen MR) is 119 cm³/mol. The second-order valence-electron chi connectivity index (χ2n) is 8.18. The molecular weight excluding hydrogens is 413 g/mol. The molecule has 1 aliphatic rings. The van der Waals surface area contributed by atoms with E-state index in [0.717, 1.165) is 27.6 Å². The van der Waals surface area contributed by atoms with E-state index in [9.17, 15) is 19.1 Å². The van der Waals surface area contributed by atoms with Crippen molar-refractivity contribution in [1.29, 1.82) is 0 Å². The predicted octanol–water partition coefficient (Wildman–Crippen LogP) is 2.30. The van der Waals surface area contributed by atoms with Crippen LogP contribution in [0.25, 0.3) is 5.69 Å². The Labute approximate surface area is 185 Å². The third-order valence-electron chi connectivity index (χ3n) is 5.95. The first-order valence-corrected chi connectivity index (χ1v) is 10.4. The van der Waals surface area contributed by atoms with Crippen LogP contribution in [0.3, 0.4) is 0 Å². The van der Waals surface area contributed by atoms with Gasteiger partial charge in [0.15, 0.2) is 0 Å². The van der Waals surface area contributed by atoms with Gasteiger partial charge in [0.1, 0.15) is 11.6 Å². The van der Waals surface area contributed by atoms with Gasteiger partial charge in [0, 0.05) is 39.4 Å². The molecule has 1 amide bonds. The van der Waals surface area contributed by atoms with Crippen LogP contribution in [0.5, 0.6) is 5.88 Å². The molecule has 1 saturated heterocycles. The highest BCUT2D eigenvalue weighted by Gasteiger charge is 2.26. The molecule has 4 rings (SSSR count). The molecule has 8 nitrogen and oxygen atoms in total. The van der Waals surface area contributed by atoms with Crippen molar-refractivity contribution in [3.05, 3.63) is 69.1 Å². The van der Waals surface area contributed by atoms with Gasteiger partial charge in [-0.15, -0.1) is 0 Å². The van der Waals surface area contributed by atoms with Gasteiger partial charge in [0.25, 0.3) is 5.91 Å². The molecule has 3 heterocycles. The molecule has 32 heavy (non-hydrogen) atoms. The lowest BCUT2D eigenvalue weighted by Gasteiger charge is -2.36. The second-order valence-corrected chi connectivity index (χ2v) is 8.18. The number of benzene rings is 1. The van der Waals surface area contributed by atoms with Crippen molar-refractivity contribution in [3.63, 3.8) is 0 Å². The summed E-state index contributed by atoms with van der Waals surface area (Å²) in [6.45, 7) is 7.72. The standard InChI is InChI=1S/C23H26FN5O3/c1-14-11-15(2)20(25-13-14)27-7-9-28(10-8-27)22(31)18-6-5-17(12-19(18)24)29-16(3)21(30)26(4)23(29)32/h5-6,11-13,30H,7-10H2,1-4H3. The maximum atomic E-state index is 14.9. The summed E-state index contributed by atoms with van der Waals surface area (Å²) < 4.78 is 17.2. The lowest BCUT2D eigenvalue weighted by Crippen LogP contribution is -2.49. The second kappa shape index (κ2) is 8.14. The summed E-state index contributed by atoms with van der Waals surface area (Å²) in [6.07, 6.45) is 1.83. The summed E-state index contributed by atoms with van der Waals surface area (Å²) in [6, 6.07) is 6.13. The Hall–Kier alpha value is -3.62. The molecule has 168 valence electrons. The minimum atomic E-state index is -0.708. The molecule has 0 atom stereocenters. The summed E-state index contributed by atoms with van der Waals surface area (Å²) in [5, 5.41) is 9.97. The number of aromatic nitrogens is 3. The Bertz CT molecular complexity index is 1260. The van der Waals surface area contributed by atoms with E-state index < -0.39 is 11.5 Å². The number of piperazine rings is 1. The highest BCUT2D eigenvalue weighted by atomic mass is 19.1. The quantitative estimate of drug-likeness (QED) is 0.677. The van der Waals surface area contributed by atoms with E-state index >= 15 is 0 Å². The summed E-state index contributed by atoms with van der Waals surface area (Å²) in [5.41, 5.74) is 2.20. The Balaban J connectivity index is 1.51. The Morgan fingerprint density at radius 3 is 2.34 bits per heavy atom. The molecule has 3 aromatic rings. The van der Waals surface area contributed by atoms with Crippen LogP contribution in [0.1, 0.15) is 27.2 Å². The lowest BCUT2D eigenvalue weighted by molar-refractivity contribution is 0.0742. The van der Waals surface area contributed by atoms with Crippen molar-refractivity contribution < 1.29 is 14.3 Å². The van der Waals surface area contributed by atoms with Crippen LogP contribution < -0.4 is 10.6 Å². The molecule has 2 aromatic heterocycles. The molecule has 1 fully saturated rings. The number of nitrogens with zero attached hydrogens (tertiary/aromatic N) is 5. The number of anilines is 1. The Morgan fingerprint density at radius 2 is 1.78 bits per heavy atom. The summed E-state index contributed by atoms with van der Waals surface area (Å²) in [5.74, 6) is -0.375. The number of pyridine rings is 1. The highest BCUT2D eigenvalue weighted by molar-refractivity contribution is 5.95. The fourth-order valence-corrected chi connectivity index (χ4v) is 4.18. The number of hydrogen-bond donors (Lipinski definition) is 1. The van der Waals surface area contributed by atoms with Gasteiger partial charge in [-0.1, -0.05) is 6.07 Å². The van der Waals surface area contributed by atoms with Gasteiger partial charge in [-0.05, 0) is 50.1 Å². The van der Waals surface area contributed by atoms with Crippen molar-refractivity contribution in [3.8, 4) is 11.6 Å².